The second-order valence-corrected chi connectivity index (χ2v) is 9.02. The summed E-state index contributed by atoms with van der Waals surface area (Å²) in [6, 6.07) is 6.35. The number of hydrogen-bond donors (Lipinski definition) is 1. The molecule has 0 bridgehead atoms. The third kappa shape index (κ3) is 3.33. The first-order valence-corrected chi connectivity index (χ1v) is 9.11. The minimum absolute atomic E-state index is 0.0574. The van der Waals surface area contributed by atoms with Crippen molar-refractivity contribution >= 4 is 15.7 Å². The Morgan fingerprint density at radius 1 is 1.18 bits per heavy atom. The van der Waals surface area contributed by atoms with Gasteiger partial charge in [-0.3, -0.25) is 4.79 Å². The molecule has 2 rings (SSSR count). The van der Waals surface area contributed by atoms with Gasteiger partial charge in [-0.15, -0.1) is 0 Å². The Hall–Kier alpha value is -1.40. The second kappa shape index (κ2) is 5.35. The van der Waals surface area contributed by atoms with E-state index in [1.807, 2.05) is 13.8 Å². The zero-order valence-corrected chi connectivity index (χ0v) is 14.3. The third-order valence-corrected chi connectivity index (χ3v) is 5.73. The van der Waals surface area contributed by atoms with Crippen molar-refractivity contribution in [3.63, 3.8) is 0 Å². The summed E-state index contributed by atoms with van der Waals surface area (Å²) in [5.74, 6) is -0.0574. The first kappa shape index (κ1) is 17.0. The molecule has 1 aromatic rings. The van der Waals surface area contributed by atoms with E-state index in [0.717, 1.165) is 11.8 Å². The molecule has 1 atom stereocenters. The summed E-state index contributed by atoms with van der Waals surface area (Å²) in [6.45, 7) is 6.48. The molecule has 0 saturated carbocycles. The first-order valence-electron chi connectivity index (χ1n) is 7.22. The predicted octanol–water partition coefficient (Wildman–Crippen LogP) is 1.25. The van der Waals surface area contributed by atoms with Crippen LogP contribution in [0.4, 0.5) is 0 Å². The summed E-state index contributed by atoms with van der Waals surface area (Å²) in [6.07, 6.45) is 1.36. The van der Waals surface area contributed by atoms with Crippen LogP contribution in [0.25, 0.3) is 0 Å². The lowest BCUT2D eigenvalue weighted by atomic mass is 9.79. The van der Waals surface area contributed by atoms with E-state index < -0.39 is 15.4 Å². The van der Waals surface area contributed by atoms with Gasteiger partial charge in [0, 0.05) is 24.8 Å². The Balaban J connectivity index is 2.08. The van der Waals surface area contributed by atoms with Gasteiger partial charge < -0.3 is 10.0 Å². The molecular weight excluding hydrogens is 302 g/mol. The summed E-state index contributed by atoms with van der Waals surface area (Å²) in [5.41, 5.74) is -0.479. The topological polar surface area (TPSA) is 74.7 Å². The van der Waals surface area contributed by atoms with Crippen LogP contribution in [-0.2, 0) is 21.1 Å². The van der Waals surface area contributed by atoms with Gasteiger partial charge in [0.15, 0.2) is 9.84 Å². The number of carbonyl (C=O) groups excluding carboxylic acids is 1. The van der Waals surface area contributed by atoms with Gasteiger partial charge in [-0.05, 0) is 24.6 Å². The van der Waals surface area contributed by atoms with Gasteiger partial charge >= 0.3 is 0 Å². The molecule has 22 heavy (non-hydrogen) atoms. The number of likely N-dealkylation sites (tertiary alicyclic amines) is 1. The van der Waals surface area contributed by atoms with Crippen LogP contribution in [-0.4, -0.2) is 49.3 Å². The highest BCUT2D eigenvalue weighted by atomic mass is 32.2. The summed E-state index contributed by atoms with van der Waals surface area (Å²) < 4.78 is 22.8. The second-order valence-electron chi connectivity index (χ2n) is 7.00. The summed E-state index contributed by atoms with van der Waals surface area (Å²) in [7, 11) is -3.22. The Morgan fingerprint density at radius 3 is 2.14 bits per heavy atom. The van der Waals surface area contributed by atoms with Crippen LogP contribution in [0.1, 0.15) is 26.3 Å². The molecule has 0 spiro atoms. The molecule has 1 aromatic carbocycles. The number of hydrogen-bond acceptors (Lipinski definition) is 4. The first-order chi connectivity index (χ1) is 9.92. The summed E-state index contributed by atoms with van der Waals surface area (Å²) >= 11 is 0. The van der Waals surface area contributed by atoms with Gasteiger partial charge in [-0.1, -0.05) is 26.0 Å². The number of benzene rings is 1. The van der Waals surface area contributed by atoms with E-state index in [2.05, 4.69) is 0 Å². The molecule has 5 nitrogen and oxygen atoms in total. The third-order valence-electron chi connectivity index (χ3n) is 4.60. The van der Waals surface area contributed by atoms with E-state index in [1.165, 1.54) is 12.1 Å². The average molecular weight is 325 g/mol. The van der Waals surface area contributed by atoms with Crippen molar-refractivity contribution in [3.8, 4) is 0 Å². The molecule has 0 aliphatic carbocycles. The average Bonchev–Trinajstić information content (AvgIpc) is 2.58. The van der Waals surface area contributed by atoms with E-state index in [1.54, 1.807) is 24.0 Å². The van der Waals surface area contributed by atoms with Crippen LogP contribution in [0.5, 0.6) is 0 Å². The fourth-order valence-electron chi connectivity index (χ4n) is 2.61. The van der Waals surface area contributed by atoms with E-state index in [9.17, 15) is 18.3 Å². The lowest BCUT2D eigenvalue weighted by molar-refractivity contribution is -0.130. The molecule has 1 aliphatic heterocycles. The predicted molar refractivity (Wildman–Crippen MR) is 84.2 cm³/mol. The minimum atomic E-state index is -3.22. The maximum Gasteiger partial charge on any atom is 0.227 e. The Labute approximate surface area is 131 Å². The maximum absolute atomic E-state index is 12.4. The van der Waals surface area contributed by atoms with Crippen LogP contribution in [0.3, 0.4) is 0 Å². The van der Waals surface area contributed by atoms with Crippen molar-refractivity contribution in [3.05, 3.63) is 29.8 Å². The van der Waals surface area contributed by atoms with Crippen LogP contribution in [0.2, 0.25) is 0 Å². The van der Waals surface area contributed by atoms with E-state index in [0.29, 0.717) is 13.1 Å². The number of rotatable bonds is 3. The van der Waals surface area contributed by atoms with Gasteiger partial charge in [0.2, 0.25) is 5.91 Å². The quantitative estimate of drug-likeness (QED) is 0.908. The number of aliphatic hydroxyl groups is 1. The zero-order chi connectivity index (χ0) is 16.8. The van der Waals surface area contributed by atoms with Crippen LogP contribution in [0.15, 0.2) is 29.2 Å². The van der Waals surface area contributed by atoms with Gasteiger partial charge in [0.1, 0.15) is 0 Å². The smallest absolute Gasteiger partial charge is 0.227 e. The summed E-state index contributed by atoms with van der Waals surface area (Å²) in [4.78, 5) is 14.3. The molecule has 0 aromatic heterocycles. The van der Waals surface area contributed by atoms with Crippen molar-refractivity contribution < 1.29 is 18.3 Å². The Bertz CT molecular complexity index is 659. The molecule has 1 heterocycles. The molecule has 122 valence electrons. The molecule has 0 radical (unpaired) electrons. The molecule has 0 unspecified atom stereocenters. The molecular formula is C16H23NO4S. The highest BCUT2D eigenvalue weighted by Gasteiger charge is 2.48. The minimum Gasteiger partial charge on any atom is -0.388 e. The maximum atomic E-state index is 12.4. The fraction of sp³-hybridized carbons (Fsp3) is 0.562. The molecule has 1 fully saturated rings. The van der Waals surface area contributed by atoms with Crippen molar-refractivity contribution in [2.45, 2.75) is 37.7 Å². The Morgan fingerprint density at radius 2 is 1.73 bits per heavy atom. The molecule has 6 heteroatoms. The number of sulfone groups is 1. The largest absolute Gasteiger partial charge is 0.388 e. The Kier molecular flexibility index (Phi) is 4.13. The van der Waals surface area contributed by atoms with Crippen LogP contribution in [0, 0.1) is 5.41 Å². The van der Waals surface area contributed by atoms with Crippen molar-refractivity contribution in [2.75, 3.05) is 19.3 Å². The normalized spacial score (nSPS) is 24.5. The SMILES string of the molecule is CC1(C)CN(C(=O)Cc2ccc(S(C)(=O)=O)cc2)C[C@]1(C)O. The molecule has 1 aliphatic rings. The zero-order valence-electron chi connectivity index (χ0n) is 13.5. The lowest BCUT2D eigenvalue weighted by Crippen LogP contribution is -2.40. The number of carbonyl (C=O) groups is 1. The highest BCUT2D eigenvalue weighted by molar-refractivity contribution is 7.90. The molecule has 1 amide bonds. The van der Waals surface area contributed by atoms with Crippen molar-refractivity contribution in [1.82, 2.24) is 4.90 Å². The van der Waals surface area contributed by atoms with Gasteiger partial charge in [-0.2, -0.15) is 0 Å². The lowest BCUT2D eigenvalue weighted by Gasteiger charge is -2.30. The van der Waals surface area contributed by atoms with Gasteiger partial charge in [0.25, 0.3) is 0 Å². The molecule has 1 saturated heterocycles. The molecule has 1 N–H and O–H groups in total. The summed E-state index contributed by atoms with van der Waals surface area (Å²) in [5, 5.41) is 10.4. The highest BCUT2D eigenvalue weighted by Crippen LogP contribution is 2.38. The standard InChI is InChI=1S/C16H23NO4S/c1-15(2)10-17(11-16(15,3)19)14(18)9-12-5-7-13(8-6-12)22(4,20)21/h5-8,19H,9-11H2,1-4H3/t16-/m0/s1. The fourth-order valence-corrected chi connectivity index (χ4v) is 3.24. The van der Waals surface area contributed by atoms with E-state index in [4.69, 9.17) is 0 Å². The van der Waals surface area contributed by atoms with Crippen molar-refractivity contribution in [1.29, 1.82) is 0 Å². The van der Waals surface area contributed by atoms with Gasteiger partial charge in [0.05, 0.1) is 16.9 Å². The monoisotopic (exact) mass is 325 g/mol. The number of nitrogens with zero attached hydrogens (tertiary/aromatic N) is 1. The van der Waals surface area contributed by atoms with E-state index in [-0.39, 0.29) is 22.6 Å². The van der Waals surface area contributed by atoms with E-state index >= 15 is 0 Å². The van der Waals surface area contributed by atoms with Crippen molar-refractivity contribution in [2.24, 2.45) is 5.41 Å². The van der Waals surface area contributed by atoms with Gasteiger partial charge in [-0.25, -0.2) is 8.42 Å². The number of β-amino-alcohol motifs (C(OH)–C–C–N with tert-alkyl or cyclic N) is 1. The van der Waals surface area contributed by atoms with Crippen LogP contribution >= 0.6 is 0 Å². The van der Waals surface area contributed by atoms with Crippen LogP contribution < -0.4 is 0 Å². The number of amides is 1.